The van der Waals surface area contributed by atoms with E-state index in [1.165, 1.54) is 18.6 Å². The van der Waals surface area contributed by atoms with Crippen molar-refractivity contribution in [1.82, 2.24) is 19.9 Å². The number of nitrogens with two attached hydrogens (primary N) is 1. The molecule has 0 saturated carbocycles. The molecular formula is C16H21N7O2. The van der Waals surface area contributed by atoms with Gasteiger partial charge in [-0.2, -0.15) is 0 Å². The first-order chi connectivity index (χ1) is 12.0. The number of nitrogens with zero attached hydrogens (tertiary/aromatic N) is 4. The lowest BCUT2D eigenvalue weighted by atomic mass is 10.0. The second-order valence-electron chi connectivity index (χ2n) is 6.09. The van der Waals surface area contributed by atoms with E-state index in [1.807, 2.05) is 0 Å². The zero-order valence-corrected chi connectivity index (χ0v) is 13.9. The van der Waals surface area contributed by atoms with Crippen LogP contribution in [0.3, 0.4) is 0 Å². The zero-order valence-electron chi connectivity index (χ0n) is 13.9. The lowest BCUT2D eigenvalue weighted by Crippen LogP contribution is -2.37. The Morgan fingerprint density at radius 1 is 1.20 bits per heavy atom. The first-order valence-electron chi connectivity index (χ1n) is 8.04. The molecule has 0 aliphatic carbocycles. The molecule has 5 N–H and O–H groups in total. The molecule has 2 aromatic heterocycles. The maximum atomic E-state index is 11.5. The fourth-order valence-electron chi connectivity index (χ4n) is 2.72. The number of anilines is 4. The number of aromatic carboxylic acids is 1. The van der Waals surface area contributed by atoms with Crippen molar-refractivity contribution >= 4 is 29.1 Å². The molecule has 1 fully saturated rings. The summed E-state index contributed by atoms with van der Waals surface area (Å²) in [6.45, 7) is 1.97. The maximum Gasteiger partial charge on any atom is 0.339 e. The molecule has 0 spiro atoms. The Morgan fingerprint density at radius 3 is 2.56 bits per heavy atom. The van der Waals surface area contributed by atoms with Gasteiger partial charge in [-0.25, -0.2) is 19.7 Å². The van der Waals surface area contributed by atoms with Crippen LogP contribution in [0, 0.1) is 0 Å². The standard InChI is InChI=1S/C16H21N7O2/c1-23-4-2-10(3-5-23)21-12-6-14(19-7-11(12)16(24)25)22-15-9-18-13(17)8-20-15/h6-10H,2-5H2,1H3,(H2,17,18)(H,24,25)(H2,19,20,21,22). The highest BCUT2D eigenvalue weighted by atomic mass is 16.4. The van der Waals surface area contributed by atoms with Gasteiger partial charge in [-0.05, 0) is 33.0 Å². The van der Waals surface area contributed by atoms with E-state index in [2.05, 4.69) is 37.5 Å². The van der Waals surface area contributed by atoms with Crippen LogP contribution in [0.5, 0.6) is 0 Å². The Labute approximate surface area is 145 Å². The quantitative estimate of drug-likeness (QED) is 0.636. The summed E-state index contributed by atoms with van der Waals surface area (Å²) in [5, 5.41) is 15.7. The molecule has 0 radical (unpaired) electrons. The molecule has 0 amide bonds. The molecule has 3 heterocycles. The topological polar surface area (TPSA) is 129 Å². The Bertz CT molecular complexity index is 743. The number of hydrogen-bond donors (Lipinski definition) is 4. The molecule has 1 saturated heterocycles. The number of aromatic nitrogens is 3. The summed E-state index contributed by atoms with van der Waals surface area (Å²) in [4.78, 5) is 25.9. The second-order valence-corrected chi connectivity index (χ2v) is 6.09. The van der Waals surface area contributed by atoms with Crippen molar-refractivity contribution in [2.24, 2.45) is 0 Å². The van der Waals surface area contributed by atoms with Gasteiger partial charge in [0.25, 0.3) is 0 Å². The number of carbonyl (C=O) groups is 1. The van der Waals surface area contributed by atoms with Crippen molar-refractivity contribution in [2.75, 3.05) is 36.5 Å². The lowest BCUT2D eigenvalue weighted by molar-refractivity contribution is 0.0697. The monoisotopic (exact) mass is 343 g/mol. The van der Waals surface area contributed by atoms with Gasteiger partial charge in [-0.1, -0.05) is 0 Å². The van der Waals surface area contributed by atoms with E-state index in [-0.39, 0.29) is 11.6 Å². The molecule has 2 aromatic rings. The van der Waals surface area contributed by atoms with Crippen molar-refractivity contribution in [3.05, 3.63) is 30.2 Å². The highest BCUT2D eigenvalue weighted by Gasteiger charge is 2.20. The van der Waals surface area contributed by atoms with Crippen LogP contribution in [0.4, 0.5) is 23.1 Å². The molecule has 0 atom stereocenters. The Balaban J connectivity index is 1.79. The van der Waals surface area contributed by atoms with Gasteiger partial charge >= 0.3 is 5.97 Å². The van der Waals surface area contributed by atoms with Crippen molar-refractivity contribution in [1.29, 1.82) is 0 Å². The normalized spacial score (nSPS) is 15.7. The van der Waals surface area contributed by atoms with Crippen LogP contribution in [0.15, 0.2) is 24.7 Å². The summed E-state index contributed by atoms with van der Waals surface area (Å²) < 4.78 is 0. The molecular weight excluding hydrogens is 322 g/mol. The molecule has 0 bridgehead atoms. The lowest BCUT2D eigenvalue weighted by Gasteiger charge is -2.30. The van der Waals surface area contributed by atoms with E-state index >= 15 is 0 Å². The fraction of sp³-hybridized carbons (Fsp3) is 0.375. The van der Waals surface area contributed by atoms with Crippen molar-refractivity contribution in [3.63, 3.8) is 0 Å². The minimum absolute atomic E-state index is 0.146. The zero-order chi connectivity index (χ0) is 17.8. The molecule has 0 aromatic carbocycles. The van der Waals surface area contributed by atoms with Crippen LogP contribution in [-0.4, -0.2) is 57.1 Å². The minimum Gasteiger partial charge on any atom is -0.478 e. The number of nitrogens with one attached hydrogen (secondary N) is 2. The van der Waals surface area contributed by atoms with Gasteiger partial charge in [-0.3, -0.25) is 0 Å². The molecule has 25 heavy (non-hydrogen) atoms. The molecule has 1 aliphatic heterocycles. The van der Waals surface area contributed by atoms with E-state index < -0.39 is 5.97 Å². The molecule has 9 heteroatoms. The molecule has 9 nitrogen and oxygen atoms in total. The van der Waals surface area contributed by atoms with E-state index in [9.17, 15) is 9.90 Å². The third-order valence-electron chi connectivity index (χ3n) is 4.14. The molecule has 3 rings (SSSR count). The van der Waals surface area contributed by atoms with E-state index in [1.54, 1.807) is 6.07 Å². The predicted molar refractivity (Wildman–Crippen MR) is 95.1 cm³/mol. The first kappa shape index (κ1) is 16.9. The van der Waals surface area contributed by atoms with Crippen LogP contribution in [-0.2, 0) is 0 Å². The third kappa shape index (κ3) is 4.32. The summed E-state index contributed by atoms with van der Waals surface area (Å²) >= 11 is 0. The summed E-state index contributed by atoms with van der Waals surface area (Å²) in [7, 11) is 2.08. The van der Waals surface area contributed by atoms with Crippen LogP contribution >= 0.6 is 0 Å². The van der Waals surface area contributed by atoms with E-state index in [0.717, 1.165) is 25.9 Å². The largest absolute Gasteiger partial charge is 0.478 e. The smallest absolute Gasteiger partial charge is 0.339 e. The minimum atomic E-state index is -1.01. The Hall–Kier alpha value is -2.94. The number of carboxylic acids is 1. The van der Waals surface area contributed by atoms with E-state index in [0.29, 0.717) is 23.1 Å². The predicted octanol–water partition coefficient (Wildman–Crippen LogP) is 1.40. The summed E-state index contributed by atoms with van der Waals surface area (Å²) in [6.07, 6.45) is 6.19. The van der Waals surface area contributed by atoms with Gasteiger partial charge in [0.1, 0.15) is 23.0 Å². The van der Waals surface area contributed by atoms with Gasteiger partial charge < -0.3 is 26.4 Å². The summed E-state index contributed by atoms with van der Waals surface area (Å²) in [5.74, 6) is 0.278. The van der Waals surface area contributed by atoms with Crippen LogP contribution in [0.25, 0.3) is 0 Å². The van der Waals surface area contributed by atoms with Gasteiger partial charge in [-0.15, -0.1) is 0 Å². The van der Waals surface area contributed by atoms with Crippen molar-refractivity contribution < 1.29 is 9.90 Å². The summed E-state index contributed by atoms with van der Waals surface area (Å²) in [6, 6.07) is 1.92. The third-order valence-corrected chi connectivity index (χ3v) is 4.14. The number of piperidine rings is 1. The fourth-order valence-corrected chi connectivity index (χ4v) is 2.72. The number of pyridine rings is 1. The van der Waals surface area contributed by atoms with Gasteiger partial charge in [0.15, 0.2) is 0 Å². The van der Waals surface area contributed by atoms with Crippen molar-refractivity contribution in [2.45, 2.75) is 18.9 Å². The van der Waals surface area contributed by atoms with E-state index in [4.69, 9.17) is 5.73 Å². The number of likely N-dealkylation sites (tertiary alicyclic amines) is 1. The second kappa shape index (κ2) is 7.31. The number of hydrogen-bond acceptors (Lipinski definition) is 8. The van der Waals surface area contributed by atoms with Crippen LogP contribution < -0.4 is 16.4 Å². The molecule has 132 valence electrons. The highest BCUT2D eigenvalue weighted by Crippen LogP contribution is 2.24. The average Bonchev–Trinajstić information content (AvgIpc) is 2.59. The van der Waals surface area contributed by atoms with Gasteiger partial charge in [0, 0.05) is 18.3 Å². The molecule has 0 unspecified atom stereocenters. The highest BCUT2D eigenvalue weighted by molar-refractivity contribution is 5.94. The number of carboxylic acid groups (broad SMARTS) is 1. The van der Waals surface area contributed by atoms with Crippen LogP contribution in [0.1, 0.15) is 23.2 Å². The molecule has 1 aliphatic rings. The number of nitrogen functional groups attached to an aromatic ring is 1. The van der Waals surface area contributed by atoms with Crippen LogP contribution in [0.2, 0.25) is 0 Å². The SMILES string of the molecule is CN1CCC(Nc2cc(Nc3cnc(N)cn3)ncc2C(=O)O)CC1. The van der Waals surface area contributed by atoms with Gasteiger partial charge in [0.05, 0.1) is 18.1 Å². The average molecular weight is 343 g/mol. The Morgan fingerprint density at radius 2 is 1.92 bits per heavy atom. The maximum absolute atomic E-state index is 11.5. The first-order valence-corrected chi connectivity index (χ1v) is 8.04. The number of rotatable bonds is 5. The Kier molecular flexibility index (Phi) is 4.94. The summed E-state index contributed by atoms with van der Waals surface area (Å²) in [5.41, 5.74) is 6.21. The van der Waals surface area contributed by atoms with Crippen molar-refractivity contribution in [3.8, 4) is 0 Å². The van der Waals surface area contributed by atoms with Gasteiger partial charge in [0.2, 0.25) is 0 Å².